The number of esters is 2. The van der Waals surface area contributed by atoms with Crippen LogP contribution in [-0.2, 0) is 18.6 Å². The number of carbonyl (C=O) groups excluding carboxylic acids is 2. The maximum Gasteiger partial charge on any atom is 0.308 e. The molecule has 10 heteroatoms. The van der Waals surface area contributed by atoms with Crippen molar-refractivity contribution in [2.45, 2.75) is 18.7 Å². The predicted molar refractivity (Wildman–Crippen MR) is 89.6 cm³/mol. The van der Waals surface area contributed by atoms with Crippen LogP contribution in [0, 0.1) is 0 Å². The fourth-order valence-corrected chi connectivity index (χ4v) is 3.31. The molecule has 24 heavy (non-hydrogen) atoms. The van der Waals surface area contributed by atoms with Crippen LogP contribution >= 0.6 is 33.9 Å². The Labute approximate surface area is 151 Å². The van der Waals surface area contributed by atoms with E-state index in [-0.39, 0.29) is 37.2 Å². The quantitative estimate of drug-likeness (QED) is 0.432. The van der Waals surface area contributed by atoms with Gasteiger partial charge in [-0.25, -0.2) is 8.42 Å². The maximum atomic E-state index is 11.5. The summed E-state index contributed by atoms with van der Waals surface area (Å²) in [6, 6.07) is 3.75. The Balaban J connectivity index is 2.89. The highest BCUT2D eigenvalue weighted by Gasteiger charge is 2.24. The smallest absolute Gasteiger partial charge is 0.308 e. The van der Waals surface area contributed by atoms with E-state index in [1.165, 1.54) is 18.2 Å². The summed E-state index contributed by atoms with van der Waals surface area (Å²) in [4.78, 5) is 22.4. The molecule has 128 valence electrons. The fourth-order valence-electron chi connectivity index (χ4n) is 1.96. The number of carbonyl (C=O) groups is 2. The van der Waals surface area contributed by atoms with E-state index in [9.17, 15) is 18.0 Å². The Kier molecular flexibility index (Phi) is 5.29. The molecular weight excluding hydrogens is 403 g/mol. The molecule has 0 saturated carbocycles. The molecule has 0 spiro atoms. The Morgan fingerprint density at radius 2 is 1.38 bits per heavy atom. The Hall–Kier alpha value is -1.54. The zero-order valence-electron chi connectivity index (χ0n) is 12.2. The van der Waals surface area contributed by atoms with Gasteiger partial charge in [-0.05, 0) is 12.1 Å². The largest absolute Gasteiger partial charge is 0.421 e. The minimum atomic E-state index is -4.01. The van der Waals surface area contributed by atoms with Gasteiger partial charge in [-0.1, -0.05) is 29.3 Å². The lowest BCUT2D eigenvalue weighted by atomic mass is 10.1. The molecule has 2 aromatic rings. The fraction of sp³-hybridized carbons (Fsp3) is 0.143. The highest BCUT2D eigenvalue weighted by Crippen LogP contribution is 2.48. The first-order valence-corrected chi connectivity index (χ1v) is 9.35. The Morgan fingerprint density at radius 1 is 0.917 bits per heavy atom. The van der Waals surface area contributed by atoms with Crippen LogP contribution in [0.15, 0.2) is 23.1 Å². The molecule has 0 atom stereocenters. The molecule has 0 amide bonds. The molecule has 0 aromatic heterocycles. The van der Waals surface area contributed by atoms with E-state index in [1.54, 1.807) is 0 Å². The summed E-state index contributed by atoms with van der Waals surface area (Å²) in [6.45, 7) is 2.25. The van der Waals surface area contributed by atoms with Crippen LogP contribution in [0.25, 0.3) is 10.8 Å². The lowest BCUT2D eigenvalue weighted by molar-refractivity contribution is -0.134. The maximum absolute atomic E-state index is 11.5. The first-order valence-electron chi connectivity index (χ1n) is 6.28. The van der Waals surface area contributed by atoms with Crippen molar-refractivity contribution < 1.29 is 27.5 Å². The van der Waals surface area contributed by atoms with E-state index in [0.717, 1.165) is 13.8 Å². The van der Waals surface area contributed by atoms with Crippen molar-refractivity contribution >= 4 is 65.6 Å². The molecule has 0 N–H and O–H groups in total. The first-order chi connectivity index (χ1) is 11.0. The number of hydrogen-bond acceptors (Lipinski definition) is 6. The molecular formula is C14H9Cl3O6S. The third-order valence-corrected chi connectivity index (χ3v) is 4.94. The summed E-state index contributed by atoms with van der Waals surface area (Å²) in [5.74, 6) is -1.97. The molecule has 0 aliphatic rings. The molecule has 0 fully saturated rings. The van der Waals surface area contributed by atoms with Gasteiger partial charge in [0.25, 0.3) is 9.05 Å². The molecule has 0 unspecified atom stereocenters. The van der Waals surface area contributed by atoms with Gasteiger partial charge >= 0.3 is 11.9 Å². The number of rotatable bonds is 3. The van der Waals surface area contributed by atoms with Crippen molar-refractivity contribution in [2.24, 2.45) is 0 Å². The molecule has 2 aromatic carbocycles. The summed E-state index contributed by atoms with van der Waals surface area (Å²) >= 11 is 12.4. The zero-order chi connectivity index (χ0) is 18.2. The van der Waals surface area contributed by atoms with Crippen molar-refractivity contribution in [3.8, 4) is 11.5 Å². The van der Waals surface area contributed by atoms with E-state index in [2.05, 4.69) is 0 Å². The van der Waals surface area contributed by atoms with Gasteiger partial charge in [0, 0.05) is 35.3 Å². The van der Waals surface area contributed by atoms with Crippen molar-refractivity contribution in [1.82, 2.24) is 0 Å². The lowest BCUT2D eigenvalue weighted by Crippen LogP contribution is -2.08. The average Bonchev–Trinajstić information content (AvgIpc) is 2.46. The van der Waals surface area contributed by atoms with Crippen LogP contribution in [0.1, 0.15) is 13.8 Å². The molecule has 0 bridgehead atoms. The van der Waals surface area contributed by atoms with Crippen LogP contribution in [-0.4, -0.2) is 20.4 Å². The summed E-state index contributed by atoms with van der Waals surface area (Å²) in [7, 11) is 1.31. The summed E-state index contributed by atoms with van der Waals surface area (Å²) in [5.41, 5.74) is 0. The van der Waals surface area contributed by atoms with Crippen LogP contribution in [0.4, 0.5) is 0 Å². The van der Waals surface area contributed by atoms with Gasteiger partial charge in [0.2, 0.25) is 0 Å². The van der Waals surface area contributed by atoms with Gasteiger partial charge in [-0.2, -0.15) is 0 Å². The third kappa shape index (κ3) is 3.75. The first kappa shape index (κ1) is 18.8. The standard InChI is InChI=1S/C14H9Cl3O6S/c1-6(18)22-13-11(15)9-4-3-8(24(17,20)21)5-10(9)12(16)14(13)23-7(2)19/h3-5H,1-2H3. The summed E-state index contributed by atoms with van der Waals surface area (Å²) in [6.07, 6.45) is 0. The molecule has 6 nitrogen and oxygen atoms in total. The minimum absolute atomic E-state index is 0.0700. The second-order valence-corrected chi connectivity index (χ2v) is 7.94. The summed E-state index contributed by atoms with van der Waals surface area (Å²) < 4.78 is 32.9. The molecule has 0 aliphatic carbocycles. The van der Waals surface area contributed by atoms with Crippen molar-refractivity contribution in [3.05, 3.63) is 28.2 Å². The third-order valence-electron chi connectivity index (χ3n) is 2.84. The van der Waals surface area contributed by atoms with Gasteiger partial charge in [0.15, 0.2) is 11.5 Å². The Morgan fingerprint density at radius 3 is 1.79 bits per heavy atom. The van der Waals surface area contributed by atoms with Crippen LogP contribution in [0.2, 0.25) is 10.0 Å². The van der Waals surface area contributed by atoms with Crippen LogP contribution in [0.3, 0.4) is 0 Å². The van der Waals surface area contributed by atoms with Crippen molar-refractivity contribution in [1.29, 1.82) is 0 Å². The minimum Gasteiger partial charge on any atom is -0.421 e. The van der Waals surface area contributed by atoms with Crippen molar-refractivity contribution in [3.63, 3.8) is 0 Å². The highest BCUT2D eigenvalue weighted by atomic mass is 35.7. The number of fused-ring (bicyclic) bond motifs is 1. The van der Waals surface area contributed by atoms with E-state index in [1.807, 2.05) is 0 Å². The van der Waals surface area contributed by atoms with Gasteiger partial charge in [-0.3, -0.25) is 9.59 Å². The van der Waals surface area contributed by atoms with Gasteiger partial charge in [0.1, 0.15) is 0 Å². The SMILES string of the molecule is CC(=O)Oc1c(OC(C)=O)c(Cl)c2cc(S(=O)(=O)Cl)ccc2c1Cl. The van der Waals surface area contributed by atoms with Crippen LogP contribution in [0.5, 0.6) is 11.5 Å². The average molecular weight is 412 g/mol. The zero-order valence-corrected chi connectivity index (χ0v) is 15.3. The molecule has 0 saturated heterocycles. The van der Waals surface area contributed by atoms with Crippen LogP contribution < -0.4 is 9.47 Å². The number of hydrogen-bond donors (Lipinski definition) is 0. The topological polar surface area (TPSA) is 86.7 Å². The second-order valence-electron chi connectivity index (χ2n) is 4.62. The number of ether oxygens (including phenoxy) is 2. The monoisotopic (exact) mass is 410 g/mol. The second kappa shape index (κ2) is 6.76. The van der Waals surface area contributed by atoms with Gasteiger partial charge in [-0.15, -0.1) is 0 Å². The van der Waals surface area contributed by atoms with Gasteiger partial charge < -0.3 is 9.47 Å². The highest BCUT2D eigenvalue weighted by molar-refractivity contribution is 8.13. The molecule has 2 rings (SSSR count). The number of benzene rings is 2. The molecule has 0 radical (unpaired) electrons. The Bertz CT molecular complexity index is 968. The predicted octanol–water partition coefficient (Wildman–Crippen LogP) is 3.92. The molecule has 0 heterocycles. The van der Waals surface area contributed by atoms with Gasteiger partial charge in [0.05, 0.1) is 14.9 Å². The number of halogens is 3. The normalized spacial score (nSPS) is 11.4. The van der Waals surface area contributed by atoms with E-state index >= 15 is 0 Å². The summed E-state index contributed by atoms with van der Waals surface area (Å²) in [5, 5.41) is 0.232. The molecule has 0 aliphatic heterocycles. The van der Waals surface area contributed by atoms with E-state index in [0.29, 0.717) is 0 Å². The van der Waals surface area contributed by atoms with E-state index in [4.69, 9.17) is 43.4 Å². The van der Waals surface area contributed by atoms with Crippen molar-refractivity contribution in [2.75, 3.05) is 0 Å². The van der Waals surface area contributed by atoms with E-state index < -0.39 is 21.0 Å². The lowest BCUT2D eigenvalue weighted by Gasteiger charge is -2.15.